The van der Waals surface area contributed by atoms with Crippen LogP contribution in [0.1, 0.15) is 43.0 Å². The SMILES string of the molecule is NC[C@H]1CCC[C@H]1C(=O)N1CCCC(c2nccs2)C1. The molecule has 1 aliphatic carbocycles. The van der Waals surface area contributed by atoms with Crippen LogP contribution in [0.5, 0.6) is 0 Å². The molecule has 1 aromatic rings. The summed E-state index contributed by atoms with van der Waals surface area (Å²) in [6.45, 7) is 2.41. The van der Waals surface area contributed by atoms with Gasteiger partial charge in [0.1, 0.15) is 0 Å². The van der Waals surface area contributed by atoms with Crippen LogP contribution < -0.4 is 5.73 Å². The number of hydrogen-bond acceptors (Lipinski definition) is 4. The number of carbonyl (C=O) groups is 1. The van der Waals surface area contributed by atoms with Crippen molar-refractivity contribution in [2.24, 2.45) is 17.6 Å². The largest absolute Gasteiger partial charge is 0.342 e. The summed E-state index contributed by atoms with van der Waals surface area (Å²) in [5.41, 5.74) is 5.82. The van der Waals surface area contributed by atoms with Crippen LogP contribution in [0, 0.1) is 11.8 Å². The maximum Gasteiger partial charge on any atom is 0.226 e. The normalized spacial score (nSPS) is 30.6. The van der Waals surface area contributed by atoms with Crippen molar-refractivity contribution in [2.45, 2.75) is 38.0 Å². The topological polar surface area (TPSA) is 59.2 Å². The lowest BCUT2D eigenvalue weighted by Crippen LogP contribution is -2.44. The smallest absolute Gasteiger partial charge is 0.226 e. The molecule has 3 rings (SSSR count). The van der Waals surface area contributed by atoms with Gasteiger partial charge in [-0.2, -0.15) is 0 Å². The summed E-state index contributed by atoms with van der Waals surface area (Å²) < 4.78 is 0. The van der Waals surface area contributed by atoms with Gasteiger partial charge in [0, 0.05) is 36.5 Å². The monoisotopic (exact) mass is 293 g/mol. The van der Waals surface area contributed by atoms with Crippen molar-refractivity contribution >= 4 is 17.2 Å². The van der Waals surface area contributed by atoms with E-state index in [1.165, 1.54) is 5.01 Å². The Labute approximate surface area is 124 Å². The molecule has 2 heterocycles. The minimum Gasteiger partial charge on any atom is -0.342 e. The lowest BCUT2D eigenvalue weighted by molar-refractivity contribution is -0.137. The molecule has 110 valence electrons. The highest BCUT2D eigenvalue weighted by molar-refractivity contribution is 7.09. The number of rotatable bonds is 3. The van der Waals surface area contributed by atoms with E-state index in [4.69, 9.17) is 5.73 Å². The fourth-order valence-corrected chi connectivity index (χ4v) is 4.46. The number of likely N-dealkylation sites (tertiary alicyclic amines) is 1. The van der Waals surface area contributed by atoms with E-state index in [-0.39, 0.29) is 5.92 Å². The fraction of sp³-hybridized carbons (Fsp3) is 0.733. The third-order valence-electron chi connectivity index (χ3n) is 4.81. The number of amides is 1. The van der Waals surface area contributed by atoms with Crippen molar-refractivity contribution in [1.82, 2.24) is 9.88 Å². The molecule has 0 spiro atoms. The van der Waals surface area contributed by atoms with E-state index < -0.39 is 0 Å². The predicted molar refractivity (Wildman–Crippen MR) is 80.6 cm³/mol. The Bertz CT molecular complexity index is 448. The number of thiazole rings is 1. The van der Waals surface area contributed by atoms with E-state index in [0.717, 1.165) is 45.2 Å². The van der Waals surface area contributed by atoms with Crippen molar-refractivity contribution in [2.75, 3.05) is 19.6 Å². The fourth-order valence-electron chi connectivity index (χ4n) is 3.69. The molecule has 1 saturated carbocycles. The lowest BCUT2D eigenvalue weighted by Gasteiger charge is -2.34. The van der Waals surface area contributed by atoms with E-state index in [2.05, 4.69) is 9.88 Å². The van der Waals surface area contributed by atoms with Crippen LogP contribution in [0.25, 0.3) is 0 Å². The van der Waals surface area contributed by atoms with Crippen LogP contribution in [-0.4, -0.2) is 35.4 Å². The summed E-state index contributed by atoms with van der Waals surface area (Å²) in [5.74, 6) is 1.36. The van der Waals surface area contributed by atoms with Crippen molar-refractivity contribution in [3.8, 4) is 0 Å². The number of nitrogens with zero attached hydrogens (tertiary/aromatic N) is 2. The van der Waals surface area contributed by atoms with Crippen molar-refractivity contribution < 1.29 is 4.79 Å². The van der Waals surface area contributed by atoms with Crippen LogP contribution in [0.3, 0.4) is 0 Å². The molecule has 2 fully saturated rings. The first-order chi connectivity index (χ1) is 9.79. The van der Waals surface area contributed by atoms with Crippen LogP contribution in [0.2, 0.25) is 0 Å². The maximum absolute atomic E-state index is 12.7. The average Bonchev–Trinajstić information content (AvgIpc) is 3.17. The Morgan fingerprint density at radius 2 is 2.30 bits per heavy atom. The third kappa shape index (κ3) is 2.74. The molecule has 1 aliphatic heterocycles. The van der Waals surface area contributed by atoms with Gasteiger partial charge < -0.3 is 10.6 Å². The molecule has 4 nitrogen and oxygen atoms in total. The number of hydrogen-bond donors (Lipinski definition) is 1. The second-order valence-electron chi connectivity index (χ2n) is 6.03. The highest BCUT2D eigenvalue weighted by Gasteiger charge is 2.36. The second-order valence-corrected chi connectivity index (χ2v) is 6.95. The first-order valence-electron chi connectivity index (χ1n) is 7.68. The highest BCUT2D eigenvalue weighted by atomic mass is 32.1. The van der Waals surface area contributed by atoms with Gasteiger partial charge in [-0.1, -0.05) is 6.42 Å². The predicted octanol–water partition coefficient (Wildman–Crippen LogP) is 2.22. The molecule has 1 amide bonds. The van der Waals surface area contributed by atoms with Gasteiger partial charge in [0.2, 0.25) is 5.91 Å². The molecular formula is C15H23N3OS. The van der Waals surface area contributed by atoms with Gasteiger partial charge in [-0.05, 0) is 38.1 Å². The van der Waals surface area contributed by atoms with E-state index in [0.29, 0.717) is 24.3 Å². The van der Waals surface area contributed by atoms with E-state index in [1.807, 2.05) is 11.6 Å². The van der Waals surface area contributed by atoms with Crippen molar-refractivity contribution in [3.05, 3.63) is 16.6 Å². The Morgan fingerprint density at radius 1 is 1.40 bits per heavy atom. The first-order valence-corrected chi connectivity index (χ1v) is 8.55. The molecule has 5 heteroatoms. The molecule has 1 saturated heterocycles. The van der Waals surface area contributed by atoms with E-state index in [9.17, 15) is 4.79 Å². The summed E-state index contributed by atoms with van der Waals surface area (Å²) >= 11 is 1.71. The minimum atomic E-state index is 0.176. The van der Waals surface area contributed by atoms with Crippen LogP contribution in [-0.2, 0) is 4.79 Å². The van der Waals surface area contributed by atoms with E-state index in [1.54, 1.807) is 11.3 Å². The Morgan fingerprint density at radius 3 is 3.05 bits per heavy atom. The van der Waals surface area contributed by atoms with E-state index >= 15 is 0 Å². The Balaban J connectivity index is 1.66. The first kappa shape index (κ1) is 14.0. The molecule has 1 unspecified atom stereocenters. The second kappa shape index (κ2) is 6.22. The van der Waals surface area contributed by atoms with Crippen LogP contribution >= 0.6 is 11.3 Å². The zero-order valence-electron chi connectivity index (χ0n) is 11.8. The summed E-state index contributed by atoms with van der Waals surface area (Å²) in [4.78, 5) is 19.2. The molecular weight excluding hydrogens is 270 g/mol. The van der Waals surface area contributed by atoms with Crippen molar-refractivity contribution in [1.29, 1.82) is 0 Å². The van der Waals surface area contributed by atoms with Gasteiger partial charge in [-0.15, -0.1) is 11.3 Å². The summed E-state index contributed by atoms with van der Waals surface area (Å²) in [7, 11) is 0. The summed E-state index contributed by atoms with van der Waals surface area (Å²) in [6, 6.07) is 0. The third-order valence-corrected chi connectivity index (χ3v) is 5.75. The van der Waals surface area contributed by atoms with Gasteiger partial charge in [0.05, 0.1) is 5.01 Å². The lowest BCUT2D eigenvalue weighted by atomic mass is 9.92. The molecule has 3 atom stereocenters. The maximum atomic E-state index is 12.7. The molecule has 0 radical (unpaired) electrons. The molecule has 0 aromatic carbocycles. The van der Waals surface area contributed by atoms with Gasteiger partial charge in [0.25, 0.3) is 0 Å². The van der Waals surface area contributed by atoms with Gasteiger partial charge in [0.15, 0.2) is 0 Å². The molecule has 1 aromatic heterocycles. The average molecular weight is 293 g/mol. The zero-order valence-corrected chi connectivity index (χ0v) is 12.6. The molecule has 2 aliphatic rings. The standard InChI is InChI=1S/C15H23N3OS/c16-9-11-3-1-5-13(11)15(19)18-7-2-4-12(10-18)14-17-6-8-20-14/h6,8,11-13H,1-5,7,9-10,16H2/t11-,12?,13-/m1/s1. The number of carbonyl (C=O) groups excluding carboxylic acids is 1. The Hall–Kier alpha value is -0.940. The number of aromatic nitrogens is 1. The quantitative estimate of drug-likeness (QED) is 0.929. The summed E-state index contributed by atoms with van der Waals surface area (Å²) in [6.07, 6.45) is 7.41. The Kier molecular flexibility index (Phi) is 4.36. The molecule has 2 N–H and O–H groups in total. The van der Waals surface area contributed by atoms with Crippen LogP contribution in [0.15, 0.2) is 11.6 Å². The van der Waals surface area contributed by atoms with Gasteiger partial charge >= 0.3 is 0 Å². The summed E-state index contributed by atoms with van der Waals surface area (Å²) in [5, 5.41) is 3.21. The zero-order chi connectivity index (χ0) is 13.9. The minimum absolute atomic E-state index is 0.176. The molecule has 20 heavy (non-hydrogen) atoms. The highest BCUT2D eigenvalue weighted by Crippen LogP contribution is 2.35. The van der Waals surface area contributed by atoms with Gasteiger partial charge in [-0.25, -0.2) is 4.98 Å². The molecule has 0 bridgehead atoms. The van der Waals surface area contributed by atoms with Gasteiger partial charge in [-0.3, -0.25) is 4.79 Å². The van der Waals surface area contributed by atoms with Crippen LogP contribution in [0.4, 0.5) is 0 Å². The number of nitrogens with two attached hydrogens (primary N) is 1. The number of piperidine rings is 1. The van der Waals surface area contributed by atoms with Crippen molar-refractivity contribution in [3.63, 3.8) is 0 Å².